The number of carboxylic acids is 1. The highest BCUT2D eigenvalue weighted by Gasteiger charge is 2.50. The first-order valence-electron chi connectivity index (χ1n) is 14.0. The van der Waals surface area contributed by atoms with Crippen molar-refractivity contribution >= 4 is 32.3 Å². The summed E-state index contributed by atoms with van der Waals surface area (Å²) in [6.07, 6.45) is -4.80. The number of piperidine rings is 1. The second kappa shape index (κ2) is 12.7. The molecule has 14 heteroatoms. The van der Waals surface area contributed by atoms with E-state index in [1.165, 1.54) is 4.90 Å². The van der Waals surface area contributed by atoms with Crippen molar-refractivity contribution in [2.45, 2.75) is 32.7 Å². The molecule has 2 aliphatic heterocycles. The first-order valence-corrected chi connectivity index (χ1v) is 16.7. The number of hydrogen-bond acceptors (Lipinski definition) is 9. The number of aryl methyl sites for hydroxylation is 1. The lowest BCUT2D eigenvalue weighted by Gasteiger charge is -2.37. The molecule has 0 saturated carbocycles. The number of halogens is 3. The summed E-state index contributed by atoms with van der Waals surface area (Å²) in [4.78, 5) is 19.6. The van der Waals surface area contributed by atoms with E-state index in [0.29, 0.717) is 47.3 Å². The van der Waals surface area contributed by atoms with E-state index in [1.54, 1.807) is 23.6 Å². The summed E-state index contributed by atoms with van der Waals surface area (Å²) in [6.45, 7) is 3.49. The highest BCUT2D eigenvalue weighted by molar-refractivity contribution is 7.91. The summed E-state index contributed by atoms with van der Waals surface area (Å²) in [5, 5.41) is 20.8. The number of thiazole rings is 1. The van der Waals surface area contributed by atoms with Crippen molar-refractivity contribution in [1.29, 1.82) is 5.26 Å². The maximum Gasteiger partial charge on any atom is 0.394 e. The Morgan fingerprint density at radius 2 is 1.93 bits per heavy atom. The molecule has 9 nitrogen and oxygen atoms in total. The molecule has 2 saturated heterocycles. The molecule has 234 valence electrons. The van der Waals surface area contributed by atoms with Crippen LogP contribution in [0, 0.1) is 30.1 Å². The molecule has 3 aromatic rings. The molecule has 1 N–H and O–H groups in total. The van der Waals surface area contributed by atoms with Gasteiger partial charge in [0, 0.05) is 43.7 Å². The molecule has 2 aliphatic rings. The summed E-state index contributed by atoms with van der Waals surface area (Å²) in [5.41, 5.74) is 4.34. The number of hydrogen-bond donors (Lipinski definition) is 1. The van der Waals surface area contributed by atoms with E-state index in [1.807, 2.05) is 19.1 Å². The van der Waals surface area contributed by atoms with E-state index in [0.717, 1.165) is 28.0 Å². The number of alkyl halides is 3. The molecule has 2 atom stereocenters. The summed E-state index contributed by atoms with van der Waals surface area (Å²) in [5.74, 6) is -4.17. The van der Waals surface area contributed by atoms with E-state index in [4.69, 9.17) is 4.74 Å². The Balaban J connectivity index is 1.30. The third-order valence-corrected chi connectivity index (χ3v) is 10.6. The van der Waals surface area contributed by atoms with E-state index in [2.05, 4.69) is 22.0 Å². The van der Waals surface area contributed by atoms with Crippen LogP contribution >= 0.6 is 11.3 Å². The molecule has 2 unspecified atom stereocenters. The zero-order chi connectivity index (χ0) is 31.6. The predicted molar refractivity (Wildman–Crippen MR) is 159 cm³/mol. The van der Waals surface area contributed by atoms with Gasteiger partial charge in [-0.1, -0.05) is 18.2 Å². The minimum atomic E-state index is -4.66. The van der Waals surface area contributed by atoms with Gasteiger partial charge in [0.25, 0.3) is 0 Å². The van der Waals surface area contributed by atoms with E-state index < -0.39 is 40.4 Å². The van der Waals surface area contributed by atoms with E-state index in [9.17, 15) is 36.8 Å². The Morgan fingerprint density at radius 3 is 2.59 bits per heavy atom. The van der Waals surface area contributed by atoms with Gasteiger partial charge >= 0.3 is 12.1 Å². The minimum Gasteiger partial charge on any atom is -0.488 e. The van der Waals surface area contributed by atoms with Crippen LogP contribution in [0.15, 0.2) is 41.8 Å². The fourth-order valence-electron chi connectivity index (χ4n) is 5.55. The second-order valence-corrected chi connectivity index (χ2v) is 14.3. The van der Waals surface area contributed by atoms with Gasteiger partial charge in [0.2, 0.25) is 0 Å². The fourth-order valence-corrected chi connectivity index (χ4v) is 7.69. The summed E-state index contributed by atoms with van der Waals surface area (Å²) in [7, 11) is -2.94. The Hall–Kier alpha value is -3.67. The number of ether oxygens (including phenoxy) is 1. The van der Waals surface area contributed by atoms with Gasteiger partial charge < -0.3 is 14.7 Å². The normalized spacial score (nSPS) is 20.7. The highest BCUT2D eigenvalue weighted by atomic mass is 32.2. The number of aliphatic carboxylic acids is 1. The van der Waals surface area contributed by atoms with Crippen LogP contribution in [0.1, 0.15) is 28.7 Å². The van der Waals surface area contributed by atoms with Gasteiger partial charge in [0.15, 0.2) is 15.0 Å². The third-order valence-electron chi connectivity index (χ3n) is 8.13. The number of sulfone groups is 1. The highest BCUT2D eigenvalue weighted by Crippen LogP contribution is 2.41. The average molecular weight is 649 g/mol. The molecule has 0 bridgehead atoms. The lowest BCUT2D eigenvalue weighted by Crippen LogP contribution is -2.49. The first-order chi connectivity index (χ1) is 20.8. The van der Waals surface area contributed by atoms with E-state index >= 15 is 0 Å². The third kappa shape index (κ3) is 7.34. The second-order valence-electron chi connectivity index (χ2n) is 11.1. The standard InChI is InChI=1S/C30H31F3N4O5S2/c1-19-12-21(15-36-8-10-44(40,41)11-9-36)2-4-22(19)17-42-27-5-3-20(14-34)13-24(27)26-18-43-29(35-26)37-7-6-23(28(38)39)25(16-37)30(31,32)33/h2-5,12-13,18,23,25H,6-11,15-17H2,1H3,(H,38,39). The van der Waals surface area contributed by atoms with Crippen molar-refractivity contribution in [2.75, 3.05) is 42.6 Å². The summed E-state index contributed by atoms with van der Waals surface area (Å²) in [6, 6.07) is 13.0. The van der Waals surface area contributed by atoms with Crippen molar-refractivity contribution in [3.63, 3.8) is 0 Å². The van der Waals surface area contributed by atoms with Crippen molar-refractivity contribution in [3.05, 3.63) is 64.0 Å². The minimum absolute atomic E-state index is 0.129. The Bertz CT molecular complexity index is 1670. The number of rotatable bonds is 8. The smallest absolute Gasteiger partial charge is 0.394 e. The van der Waals surface area contributed by atoms with Gasteiger partial charge in [0.1, 0.15) is 12.4 Å². The maximum atomic E-state index is 13.7. The molecular formula is C30H31F3N4O5S2. The molecule has 2 fully saturated rings. The SMILES string of the molecule is Cc1cc(CN2CCS(=O)(=O)CC2)ccc1COc1ccc(C#N)cc1-c1csc(N2CCC(C(=O)O)C(C(F)(F)F)C2)n1. The summed E-state index contributed by atoms with van der Waals surface area (Å²) >= 11 is 1.15. The number of aromatic nitrogens is 1. The quantitative estimate of drug-likeness (QED) is 0.364. The fraction of sp³-hybridized carbons (Fsp3) is 0.433. The van der Waals surface area contributed by atoms with Crippen molar-refractivity contribution in [3.8, 4) is 23.1 Å². The lowest BCUT2D eigenvalue weighted by molar-refractivity contribution is -0.197. The molecule has 1 aromatic heterocycles. The van der Waals surface area contributed by atoms with Crippen LogP contribution in [-0.4, -0.2) is 73.2 Å². The maximum absolute atomic E-state index is 13.7. The van der Waals surface area contributed by atoms with Crippen molar-refractivity contribution in [2.24, 2.45) is 11.8 Å². The van der Waals surface area contributed by atoms with Crippen LogP contribution in [0.2, 0.25) is 0 Å². The molecular weight excluding hydrogens is 617 g/mol. The van der Waals surface area contributed by atoms with Crippen LogP contribution in [0.4, 0.5) is 18.3 Å². The molecule has 2 aromatic carbocycles. The lowest BCUT2D eigenvalue weighted by atomic mass is 9.85. The monoisotopic (exact) mass is 648 g/mol. The van der Waals surface area contributed by atoms with Gasteiger partial charge in [0.05, 0.1) is 40.7 Å². The number of benzene rings is 2. The zero-order valence-electron chi connectivity index (χ0n) is 23.9. The van der Waals surface area contributed by atoms with Crippen LogP contribution in [0.3, 0.4) is 0 Å². The topological polar surface area (TPSA) is 124 Å². The number of carboxylic acid groups (broad SMARTS) is 1. The first kappa shape index (κ1) is 31.7. The Morgan fingerprint density at radius 1 is 1.18 bits per heavy atom. The molecule has 5 rings (SSSR count). The number of carbonyl (C=O) groups is 1. The molecule has 0 radical (unpaired) electrons. The van der Waals surface area contributed by atoms with Crippen LogP contribution in [-0.2, 0) is 27.8 Å². The van der Waals surface area contributed by atoms with Gasteiger partial charge in [-0.05, 0) is 48.2 Å². The van der Waals surface area contributed by atoms with Crippen LogP contribution in [0.5, 0.6) is 5.75 Å². The summed E-state index contributed by atoms with van der Waals surface area (Å²) < 4.78 is 70.6. The molecule has 0 spiro atoms. The van der Waals surface area contributed by atoms with Gasteiger partial charge in [-0.25, -0.2) is 13.4 Å². The van der Waals surface area contributed by atoms with Crippen molar-refractivity contribution < 1.29 is 36.2 Å². The van der Waals surface area contributed by atoms with E-state index in [-0.39, 0.29) is 31.1 Å². The molecule has 44 heavy (non-hydrogen) atoms. The largest absolute Gasteiger partial charge is 0.488 e. The average Bonchev–Trinajstić information content (AvgIpc) is 3.47. The van der Waals surface area contributed by atoms with Gasteiger partial charge in [-0.2, -0.15) is 18.4 Å². The molecule has 3 heterocycles. The molecule has 0 aliphatic carbocycles. The predicted octanol–water partition coefficient (Wildman–Crippen LogP) is 4.89. The Labute approximate surface area is 257 Å². The van der Waals surface area contributed by atoms with Crippen LogP contribution < -0.4 is 9.64 Å². The van der Waals surface area contributed by atoms with Crippen LogP contribution in [0.25, 0.3) is 11.3 Å². The molecule has 0 amide bonds. The van der Waals surface area contributed by atoms with Gasteiger partial charge in [-0.3, -0.25) is 9.69 Å². The zero-order valence-corrected chi connectivity index (χ0v) is 25.5. The Kier molecular flexibility index (Phi) is 9.20. The number of nitrogens with zero attached hydrogens (tertiary/aromatic N) is 4. The number of anilines is 1. The number of nitriles is 1. The van der Waals surface area contributed by atoms with Gasteiger partial charge in [-0.15, -0.1) is 11.3 Å². The van der Waals surface area contributed by atoms with Crippen molar-refractivity contribution in [1.82, 2.24) is 9.88 Å².